The molecule has 74 valence electrons. The van der Waals surface area contributed by atoms with E-state index in [0.717, 1.165) is 12.0 Å². The van der Waals surface area contributed by atoms with Crippen molar-refractivity contribution in [1.29, 1.82) is 0 Å². The van der Waals surface area contributed by atoms with Crippen molar-refractivity contribution in [2.45, 2.75) is 31.9 Å². The van der Waals surface area contributed by atoms with Crippen LogP contribution in [0.2, 0.25) is 0 Å². The van der Waals surface area contributed by atoms with Crippen LogP contribution in [0.15, 0.2) is 16.8 Å². The number of halogens is 3. The zero-order chi connectivity index (χ0) is 9.73. The van der Waals surface area contributed by atoms with Crippen molar-refractivity contribution in [3.05, 3.63) is 22.4 Å². The fourth-order valence-corrected chi connectivity index (χ4v) is 1.79. The van der Waals surface area contributed by atoms with Crippen LogP contribution in [-0.4, -0.2) is 6.18 Å². The van der Waals surface area contributed by atoms with Gasteiger partial charge < -0.3 is 0 Å². The molecule has 0 spiro atoms. The van der Waals surface area contributed by atoms with Gasteiger partial charge in [0.25, 0.3) is 0 Å². The van der Waals surface area contributed by atoms with E-state index in [0.29, 0.717) is 6.42 Å². The minimum atomic E-state index is -3.99. The topological polar surface area (TPSA) is 0 Å². The summed E-state index contributed by atoms with van der Waals surface area (Å²) in [6.45, 7) is 0. The van der Waals surface area contributed by atoms with Gasteiger partial charge in [-0.05, 0) is 41.7 Å². The lowest BCUT2D eigenvalue weighted by Gasteiger charge is -2.04. The second kappa shape index (κ2) is 4.65. The predicted octanol–water partition coefficient (Wildman–Crippen LogP) is 4.02. The van der Waals surface area contributed by atoms with Gasteiger partial charge in [-0.15, -0.1) is 0 Å². The highest BCUT2D eigenvalue weighted by Crippen LogP contribution is 2.23. The standard InChI is InChI=1S/C9H11F3S/c10-9(11,12)5-2-1-3-8-4-6-13-7-8/h4,6-7H,1-3,5H2. The van der Waals surface area contributed by atoms with Crippen LogP contribution in [0.3, 0.4) is 0 Å². The minimum absolute atomic E-state index is 0.235. The third-order valence-electron chi connectivity index (χ3n) is 1.76. The molecule has 1 aromatic rings. The van der Waals surface area contributed by atoms with Crippen molar-refractivity contribution in [2.75, 3.05) is 0 Å². The number of rotatable bonds is 4. The average Bonchev–Trinajstić information content (AvgIpc) is 2.48. The lowest BCUT2D eigenvalue weighted by molar-refractivity contribution is -0.135. The Kier molecular flexibility index (Phi) is 3.78. The Morgan fingerprint density at radius 3 is 2.54 bits per heavy atom. The highest BCUT2D eigenvalue weighted by Gasteiger charge is 2.25. The molecule has 1 rings (SSSR count). The first-order valence-corrected chi connectivity index (χ1v) is 5.10. The third-order valence-corrected chi connectivity index (χ3v) is 2.49. The summed E-state index contributed by atoms with van der Waals surface area (Å²) in [5.41, 5.74) is 1.15. The summed E-state index contributed by atoms with van der Waals surface area (Å²) in [6, 6.07) is 1.96. The quantitative estimate of drug-likeness (QED) is 0.655. The van der Waals surface area contributed by atoms with E-state index in [1.807, 2.05) is 16.8 Å². The normalized spacial score (nSPS) is 11.9. The molecule has 0 fully saturated rings. The first-order valence-electron chi connectivity index (χ1n) is 4.16. The number of unbranched alkanes of at least 4 members (excludes halogenated alkanes) is 1. The van der Waals surface area contributed by atoms with E-state index in [-0.39, 0.29) is 6.42 Å². The van der Waals surface area contributed by atoms with E-state index in [1.54, 1.807) is 11.3 Å². The lowest BCUT2D eigenvalue weighted by atomic mass is 10.1. The Hall–Kier alpha value is -0.510. The molecule has 0 aliphatic heterocycles. The lowest BCUT2D eigenvalue weighted by Crippen LogP contribution is -2.06. The Morgan fingerprint density at radius 2 is 2.00 bits per heavy atom. The van der Waals surface area contributed by atoms with Gasteiger partial charge >= 0.3 is 6.18 Å². The van der Waals surface area contributed by atoms with Crippen LogP contribution < -0.4 is 0 Å². The van der Waals surface area contributed by atoms with Crippen LogP contribution in [0.4, 0.5) is 13.2 Å². The maximum Gasteiger partial charge on any atom is 0.389 e. The Balaban J connectivity index is 2.09. The van der Waals surface area contributed by atoms with Gasteiger partial charge in [0.1, 0.15) is 0 Å². The van der Waals surface area contributed by atoms with Gasteiger partial charge in [0.2, 0.25) is 0 Å². The number of alkyl halides is 3. The average molecular weight is 208 g/mol. The van der Waals surface area contributed by atoms with Crippen LogP contribution in [0, 0.1) is 0 Å². The molecule has 0 aromatic carbocycles. The molecule has 1 heterocycles. The highest BCUT2D eigenvalue weighted by molar-refractivity contribution is 7.07. The second-order valence-corrected chi connectivity index (χ2v) is 3.73. The van der Waals surface area contributed by atoms with Crippen molar-refractivity contribution in [2.24, 2.45) is 0 Å². The molecule has 0 atom stereocenters. The zero-order valence-electron chi connectivity index (χ0n) is 7.10. The molecule has 0 saturated heterocycles. The fourth-order valence-electron chi connectivity index (χ4n) is 1.09. The summed E-state index contributed by atoms with van der Waals surface area (Å²) in [4.78, 5) is 0. The maximum absolute atomic E-state index is 11.7. The molecule has 0 N–H and O–H groups in total. The van der Waals surface area contributed by atoms with Crippen LogP contribution in [0.25, 0.3) is 0 Å². The van der Waals surface area contributed by atoms with Gasteiger partial charge in [-0.25, -0.2) is 0 Å². The summed E-state index contributed by atoms with van der Waals surface area (Å²) < 4.78 is 35.2. The van der Waals surface area contributed by atoms with Crippen molar-refractivity contribution < 1.29 is 13.2 Å². The van der Waals surface area contributed by atoms with Gasteiger partial charge in [-0.1, -0.05) is 0 Å². The molecule has 13 heavy (non-hydrogen) atoms. The number of aryl methyl sites for hydroxylation is 1. The van der Waals surface area contributed by atoms with Gasteiger partial charge in [0.15, 0.2) is 0 Å². The van der Waals surface area contributed by atoms with E-state index in [1.165, 1.54) is 0 Å². The largest absolute Gasteiger partial charge is 0.389 e. The molecular weight excluding hydrogens is 197 g/mol. The molecule has 0 radical (unpaired) electrons. The van der Waals surface area contributed by atoms with E-state index in [2.05, 4.69) is 0 Å². The maximum atomic E-state index is 11.7. The zero-order valence-corrected chi connectivity index (χ0v) is 7.92. The van der Waals surface area contributed by atoms with Crippen LogP contribution in [0.1, 0.15) is 24.8 Å². The Bertz CT molecular complexity index is 226. The molecule has 0 amide bonds. The summed E-state index contributed by atoms with van der Waals surface area (Å²) in [5, 5.41) is 3.92. The summed E-state index contributed by atoms with van der Waals surface area (Å²) in [6.07, 6.45) is -3.03. The number of thiophene rings is 1. The van der Waals surface area contributed by atoms with Crippen molar-refractivity contribution in [3.63, 3.8) is 0 Å². The SMILES string of the molecule is FC(F)(F)CCCCc1ccsc1. The van der Waals surface area contributed by atoms with E-state index in [4.69, 9.17) is 0 Å². The molecule has 4 heteroatoms. The number of hydrogen-bond acceptors (Lipinski definition) is 1. The fraction of sp³-hybridized carbons (Fsp3) is 0.556. The molecule has 0 aliphatic carbocycles. The van der Waals surface area contributed by atoms with Crippen LogP contribution in [-0.2, 0) is 6.42 Å². The second-order valence-electron chi connectivity index (χ2n) is 2.95. The van der Waals surface area contributed by atoms with Crippen molar-refractivity contribution in [1.82, 2.24) is 0 Å². The Morgan fingerprint density at radius 1 is 1.23 bits per heavy atom. The van der Waals surface area contributed by atoms with Crippen molar-refractivity contribution >= 4 is 11.3 Å². The van der Waals surface area contributed by atoms with Gasteiger partial charge in [0.05, 0.1) is 0 Å². The molecule has 0 saturated carbocycles. The van der Waals surface area contributed by atoms with Gasteiger partial charge in [-0.3, -0.25) is 0 Å². The molecular formula is C9H11F3S. The van der Waals surface area contributed by atoms with Crippen LogP contribution >= 0.6 is 11.3 Å². The molecule has 0 nitrogen and oxygen atoms in total. The highest BCUT2D eigenvalue weighted by atomic mass is 32.1. The van der Waals surface area contributed by atoms with Gasteiger partial charge in [-0.2, -0.15) is 24.5 Å². The van der Waals surface area contributed by atoms with E-state index in [9.17, 15) is 13.2 Å². The molecule has 0 unspecified atom stereocenters. The summed E-state index contributed by atoms with van der Waals surface area (Å²) in [5.74, 6) is 0. The summed E-state index contributed by atoms with van der Waals surface area (Å²) in [7, 11) is 0. The monoisotopic (exact) mass is 208 g/mol. The first kappa shape index (κ1) is 10.6. The summed E-state index contributed by atoms with van der Waals surface area (Å²) >= 11 is 1.58. The Labute approximate surface area is 79.4 Å². The van der Waals surface area contributed by atoms with Crippen LogP contribution in [0.5, 0.6) is 0 Å². The molecule has 1 aromatic heterocycles. The number of hydrogen-bond donors (Lipinski definition) is 0. The van der Waals surface area contributed by atoms with Crippen molar-refractivity contribution in [3.8, 4) is 0 Å². The smallest absolute Gasteiger partial charge is 0.171 e. The predicted molar refractivity (Wildman–Crippen MR) is 47.9 cm³/mol. The van der Waals surface area contributed by atoms with E-state index >= 15 is 0 Å². The molecule has 0 aliphatic rings. The first-order chi connectivity index (χ1) is 6.08. The van der Waals surface area contributed by atoms with Gasteiger partial charge in [0, 0.05) is 6.42 Å². The third kappa shape index (κ3) is 4.93. The van der Waals surface area contributed by atoms with E-state index < -0.39 is 12.6 Å². The minimum Gasteiger partial charge on any atom is -0.171 e. The molecule has 0 bridgehead atoms.